The first-order valence-electron chi connectivity index (χ1n) is 14.6. The lowest BCUT2D eigenvalue weighted by atomic mass is 10.1. The number of amidine groups is 1. The highest BCUT2D eigenvalue weighted by Gasteiger charge is 2.29. The Labute approximate surface area is 274 Å². The van der Waals surface area contributed by atoms with Crippen molar-refractivity contribution in [1.82, 2.24) is 9.88 Å². The number of benzene rings is 3. The molecular formula is C33H31F2N5O7S. The molecule has 15 heteroatoms. The molecule has 3 aromatic carbocycles. The molecule has 1 aliphatic rings. The van der Waals surface area contributed by atoms with E-state index in [0.29, 0.717) is 19.2 Å². The molecule has 0 bridgehead atoms. The fraction of sp³-hybridized carbons (Fsp3) is 0.212. The van der Waals surface area contributed by atoms with Crippen LogP contribution in [0.25, 0.3) is 0 Å². The van der Waals surface area contributed by atoms with Gasteiger partial charge in [0.15, 0.2) is 17.3 Å². The predicted molar refractivity (Wildman–Crippen MR) is 171 cm³/mol. The molecule has 0 saturated carbocycles. The Bertz CT molecular complexity index is 2010. The molecule has 0 fully saturated rings. The van der Waals surface area contributed by atoms with E-state index < -0.39 is 45.0 Å². The van der Waals surface area contributed by atoms with Crippen molar-refractivity contribution in [2.24, 2.45) is 10.7 Å². The molecule has 12 nitrogen and oxygen atoms in total. The van der Waals surface area contributed by atoms with Gasteiger partial charge in [-0.05, 0) is 74.5 Å². The minimum atomic E-state index is -4.07. The van der Waals surface area contributed by atoms with Crippen molar-refractivity contribution in [3.8, 4) is 28.9 Å². The number of ether oxygens (including phenoxy) is 3. The van der Waals surface area contributed by atoms with Gasteiger partial charge in [0.05, 0.1) is 22.6 Å². The van der Waals surface area contributed by atoms with E-state index >= 15 is 8.78 Å². The van der Waals surface area contributed by atoms with Crippen molar-refractivity contribution >= 4 is 27.9 Å². The standard InChI is InChI=1S/C33H31F2N5O7S/c1-3-45-28(42)13-6-19-4-8-21(9-5-19)48(43,44)22-10-12-26(23(17-22)32-38-14-15-40(32)2)46-30-24(34)18-39-33(29(30)35)47-27-16-20(31(36)37)7-11-25(27)41/h4-5,7-12,14,16-18,32,41H,3,6,13,15H2,1-2H3,(H3,36,37). The molecule has 0 radical (unpaired) electrons. The number of aromatic nitrogens is 1. The lowest BCUT2D eigenvalue weighted by Gasteiger charge is -2.22. The van der Waals surface area contributed by atoms with Crippen LogP contribution in [0.3, 0.4) is 0 Å². The number of carbonyl (C=O) groups excluding carboxylic acids is 1. The number of pyridine rings is 1. The van der Waals surface area contributed by atoms with Crippen molar-refractivity contribution in [2.45, 2.75) is 35.7 Å². The maximum Gasteiger partial charge on any atom is 0.306 e. The summed E-state index contributed by atoms with van der Waals surface area (Å²) in [5, 5.41) is 17.8. The van der Waals surface area contributed by atoms with E-state index in [-0.39, 0.29) is 57.2 Å². The van der Waals surface area contributed by atoms with Gasteiger partial charge in [0, 0.05) is 30.3 Å². The van der Waals surface area contributed by atoms with Crippen LogP contribution in [0.15, 0.2) is 81.6 Å². The summed E-state index contributed by atoms with van der Waals surface area (Å²) >= 11 is 0. The van der Waals surface area contributed by atoms with Gasteiger partial charge in [0.1, 0.15) is 17.8 Å². The number of phenols is 1. The lowest BCUT2D eigenvalue weighted by Crippen LogP contribution is -2.20. The van der Waals surface area contributed by atoms with E-state index in [9.17, 15) is 18.3 Å². The van der Waals surface area contributed by atoms with Gasteiger partial charge < -0.3 is 25.1 Å². The number of aliphatic imine (C=N–C) groups is 1. The van der Waals surface area contributed by atoms with E-state index in [1.807, 2.05) is 0 Å². The highest BCUT2D eigenvalue weighted by molar-refractivity contribution is 7.91. The van der Waals surface area contributed by atoms with Gasteiger partial charge in [-0.3, -0.25) is 20.1 Å². The van der Waals surface area contributed by atoms with Crippen LogP contribution in [0.5, 0.6) is 28.9 Å². The summed E-state index contributed by atoms with van der Waals surface area (Å²) in [5.74, 6) is -5.67. The second kappa shape index (κ2) is 14.1. The molecule has 0 amide bonds. The van der Waals surface area contributed by atoms with E-state index in [1.54, 1.807) is 37.2 Å². The van der Waals surface area contributed by atoms with Crippen molar-refractivity contribution in [2.75, 3.05) is 20.2 Å². The molecule has 1 atom stereocenters. The first kappa shape index (κ1) is 33.9. The Morgan fingerprint density at radius 1 is 1.06 bits per heavy atom. The second-order valence-electron chi connectivity index (χ2n) is 10.7. The normalized spacial score (nSPS) is 14.5. The first-order chi connectivity index (χ1) is 22.9. The summed E-state index contributed by atoms with van der Waals surface area (Å²) in [6.45, 7) is 2.41. The molecule has 48 heavy (non-hydrogen) atoms. The SMILES string of the molecule is CCOC(=O)CCc1ccc(S(=O)(=O)c2ccc(Oc3c(F)cnc(Oc4cc(C(=N)N)ccc4O)c3F)c(C3N=CCN3C)c2)cc1. The Morgan fingerprint density at radius 2 is 1.79 bits per heavy atom. The van der Waals surface area contributed by atoms with Crippen LogP contribution in [0, 0.1) is 17.0 Å². The van der Waals surface area contributed by atoms with E-state index in [1.165, 1.54) is 48.5 Å². The summed E-state index contributed by atoms with van der Waals surface area (Å²) in [4.78, 5) is 21.4. The maximum atomic E-state index is 15.7. The van der Waals surface area contributed by atoms with Gasteiger partial charge in [-0.1, -0.05) is 12.1 Å². The molecule has 0 spiro atoms. The van der Waals surface area contributed by atoms with Gasteiger partial charge in [-0.25, -0.2) is 17.8 Å². The Kier molecular flexibility index (Phi) is 10.0. The summed E-state index contributed by atoms with van der Waals surface area (Å²) < 4.78 is 74.1. The fourth-order valence-electron chi connectivity index (χ4n) is 4.82. The van der Waals surface area contributed by atoms with Gasteiger partial charge in [-0.15, -0.1) is 0 Å². The molecule has 0 saturated heterocycles. The lowest BCUT2D eigenvalue weighted by molar-refractivity contribution is -0.143. The molecule has 4 aromatic rings. The quantitative estimate of drug-likeness (QED) is 0.101. The van der Waals surface area contributed by atoms with Crippen LogP contribution in [-0.4, -0.2) is 61.6 Å². The molecule has 4 N–H and O–H groups in total. The fourth-order valence-corrected chi connectivity index (χ4v) is 6.12. The number of hydrogen-bond acceptors (Lipinski definition) is 11. The predicted octanol–water partition coefficient (Wildman–Crippen LogP) is 5.28. The van der Waals surface area contributed by atoms with Gasteiger partial charge in [0.25, 0.3) is 5.88 Å². The van der Waals surface area contributed by atoms with Crippen molar-refractivity contribution in [3.05, 3.63) is 95.2 Å². The molecule has 1 aromatic heterocycles. The number of nitrogen functional groups attached to an aromatic ring is 1. The minimum absolute atomic E-state index is 0.00427. The van der Waals surface area contributed by atoms with Crippen molar-refractivity contribution in [1.29, 1.82) is 5.41 Å². The van der Waals surface area contributed by atoms with E-state index in [2.05, 4.69) is 9.98 Å². The zero-order valence-electron chi connectivity index (χ0n) is 25.8. The van der Waals surface area contributed by atoms with Gasteiger partial charge in [-0.2, -0.15) is 4.39 Å². The molecule has 5 rings (SSSR count). The number of nitrogens with two attached hydrogens (primary N) is 1. The number of halogens is 2. The highest BCUT2D eigenvalue weighted by atomic mass is 32.2. The summed E-state index contributed by atoms with van der Waals surface area (Å²) in [6.07, 6.45) is 2.07. The summed E-state index contributed by atoms with van der Waals surface area (Å²) in [6, 6.07) is 13.7. The molecule has 1 unspecified atom stereocenters. The first-order valence-corrected chi connectivity index (χ1v) is 16.1. The number of carbonyl (C=O) groups is 1. The van der Waals surface area contributed by atoms with Crippen LogP contribution in [0.2, 0.25) is 0 Å². The van der Waals surface area contributed by atoms with Crippen molar-refractivity contribution in [3.63, 3.8) is 0 Å². The average molecular weight is 680 g/mol. The molecule has 2 heterocycles. The number of phenolic OH excluding ortho intramolecular Hbond substituents is 1. The Morgan fingerprint density at radius 3 is 2.46 bits per heavy atom. The largest absolute Gasteiger partial charge is 0.504 e. The number of aromatic hydroxyl groups is 1. The van der Waals surface area contributed by atoms with E-state index in [4.69, 9.17) is 25.4 Å². The Balaban J connectivity index is 1.47. The maximum absolute atomic E-state index is 15.7. The number of nitrogens with one attached hydrogen (secondary N) is 1. The monoisotopic (exact) mass is 679 g/mol. The molecule has 250 valence electrons. The third-order valence-corrected chi connectivity index (χ3v) is 9.12. The van der Waals surface area contributed by atoms with Crippen molar-refractivity contribution < 1.29 is 41.3 Å². The summed E-state index contributed by atoms with van der Waals surface area (Å²) in [5.41, 5.74) is 6.62. The van der Waals surface area contributed by atoms with Crippen LogP contribution in [-0.2, 0) is 25.8 Å². The topological polar surface area (TPSA) is 177 Å². The third kappa shape index (κ3) is 7.26. The average Bonchev–Trinajstić information content (AvgIpc) is 3.49. The smallest absolute Gasteiger partial charge is 0.306 e. The highest BCUT2D eigenvalue weighted by Crippen LogP contribution is 2.41. The zero-order valence-corrected chi connectivity index (χ0v) is 26.6. The number of nitrogens with zero attached hydrogens (tertiary/aromatic N) is 3. The minimum Gasteiger partial charge on any atom is -0.504 e. The summed E-state index contributed by atoms with van der Waals surface area (Å²) in [7, 11) is -2.33. The molecule has 0 aliphatic carbocycles. The number of rotatable bonds is 12. The number of esters is 1. The van der Waals surface area contributed by atoms with Gasteiger partial charge in [0.2, 0.25) is 21.4 Å². The molecular weight excluding hydrogens is 648 g/mol. The number of aryl methyl sites for hydroxylation is 1. The third-order valence-electron chi connectivity index (χ3n) is 7.35. The zero-order chi connectivity index (χ0) is 34.6. The van der Waals surface area contributed by atoms with Crippen LogP contribution in [0.1, 0.15) is 36.2 Å². The van der Waals surface area contributed by atoms with Gasteiger partial charge >= 0.3 is 5.97 Å². The van der Waals surface area contributed by atoms with Crippen LogP contribution >= 0.6 is 0 Å². The van der Waals surface area contributed by atoms with Crippen LogP contribution < -0.4 is 15.2 Å². The molecule has 1 aliphatic heterocycles. The van der Waals surface area contributed by atoms with Crippen LogP contribution in [0.4, 0.5) is 8.78 Å². The number of sulfone groups is 1. The van der Waals surface area contributed by atoms with E-state index in [0.717, 1.165) is 5.56 Å². The Hall–Kier alpha value is -5.41. The number of hydrogen-bond donors (Lipinski definition) is 3. The second-order valence-corrected chi connectivity index (χ2v) is 12.6.